The van der Waals surface area contributed by atoms with Crippen molar-refractivity contribution >= 4 is 33.4 Å². The van der Waals surface area contributed by atoms with Crippen molar-refractivity contribution in [2.75, 3.05) is 19.6 Å². The van der Waals surface area contributed by atoms with Gasteiger partial charge in [-0.2, -0.15) is 0 Å². The van der Waals surface area contributed by atoms with E-state index in [0.717, 1.165) is 30.5 Å². The van der Waals surface area contributed by atoms with Gasteiger partial charge in [0.2, 0.25) is 0 Å². The van der Waals surface area contributed by atoms with Gasteiger partial charge in [-0.15, -0.1) is 0 Å². The van der Waals surface area contributed by atoms with E-state index in [1.807, 2.05) is 6.07 Å². The Morgan fingerprint density at radius 2 is 2.30 bits per heavy atom. The Morgan fingerprint density at radius 3 is 3.00 bits per heavy atom. The highest BCUT2D eigenvalue weighted by atomic mass is 79.9. The fourth-order valence-electron chi connectivity index (χ4n) is 3.60. The Labute approximate surface area is 132 Å². The highest BCUT2D eigenvalue weighted by Crippen LogP contribution is 2.36. The molecule has 0 aliphatic carbocycles. The zero-order valence-electron chi connectivity index (χ0n) is 11.4. The molecule has 3 nitrogen and oxygen atoms in total. The number of rotatable bonds is 2. The lowest BCUT2D eigenvalue weighted by Crippen LogP contribution is -2.39. The second-order valence-corrected chi connectivity index (χ2v) is 6.93. The lowest BCUT2D eigenvalue weighted by molar-refractivity contribution is 0.0710. The van der Waals surface area contributed by atoms with E-state index in [2.05, 4.69) is 33.1 Å². The Morgan fingerprint density at radius 1 is 1.50 bits per heavy atom. The molecule has 1 aromatic carbocycles. The zero-order valence-corrected chi connectivity index (χ0v) is 13.7. The Kier molecular flexibility index (Phi) is 4.07. The maximum absolute atomic E-state index is 12.8. The van der Waals surface area contributed by atoms with Crippen LogP contribution >= 0.6 is 27.5 Å². The molecule has 108 valence electrons. The third-order valence-corrected chi connectivity index (χ3v) is 5.45. The van der Waals surface area contributed by atoms with Crippen LogP contribution < -0.4 is 5.32 Å². The van der Waals surface area contributed by atoms with Gasteiger partial charge in [0.25, 0.3) is 5.91 Å². The van der Waals surface area contributed by atoms with Crippen molar-refractivity contribution in [2.45, 2.75) is 19.4 Å². The van der Waals surface area contributed by atoms with Crippen molar-refractivity contribution in [3.63, 3.8) is 0 Å². The van der Waals surface area contributed by atoms with Crippen molar-refractivity contribution < 1.29 is 4.79 Å². The lowest BCUT2D eigenvalue weighted by atomic mass is 9.93. The highest BCUT2D eigenvalue weighted by molar-refractivity contribution is 9.10. The number of halogens is 2. The Bertz CT molecular complexity index is 537. The van der Waals surface area contributed by atoms with Gasteiger partial charge in [0, 0.05) is 35.2 Å². The molecule has 20 heavy (non-hydrogen) atoms. The summed E-state index contributed by atoms with van der Waals surface area (Å²) in [5.41, 5.74) is 0.709. The van der Waals surface area contributed by atoms with Crippen LogP contribution in [0.3, 0.4) is 0 Å². The van der Waals surface area contributed by atoms with Crippen molar-refractivity contribution in [3.05, 3.63) is 33.3 Å². The largest absolute Gasteiger partial charge is 0.335 e. The van der Waals surface area contributed by atoms with Gasteiger partial charge in [-0.25, -0.2) is 0 Å². The van der Waals surface area contributed by atoms with Crippen LogP contribution in [0.2, 0.25) is 5.02 Å². The maximum Gasteiger partial charge on any atom is 0.255 e. The molecule has 0 spiro atoms. The molecule has 3 unspecified atom stereocenters. The third kappa shape index (κ3) is 2.38. The normalized spacial score (nSPS) is 28.8. The molecule has 2 saturated heterocycles. The fraction of sp³-hybridized carbons (Fsp3) is 0.533. The number of nitrogens with one attached hydrogen (secondary N) is 1. The number of carbonyl (C=O) groups excluding carboxylic acids is 1. The first-order valence-corrected chi connectivity index (χ1v) is 8.25. The molecule has 3 rings (SSSR count). The molecule has 1 aromatic rings. The number of carbonyl (C=O) groups is 1. The predicted octanol–water partition coefficient (Wildman–Crippen LogP) is 3.17. The van der Waals surface area contributed by atoms with Crippen molar-refractivity contribution in [3.8, 4) is 0 Å². The quantitative estimate of drug-likeness (QED) is 0.882. The smallest absolute Gasteiger partial charge is 0.255 e. The van der Waals surface area contributed by atoms with Crippen LogP contribution in [-0.2, 0) is 0 Å². The summed E-state index contributed by atoms with van der Waals surface area (Å²) >= 11 is 9.41. The molecule has 2 fully saturated rings. The van der Waals surface area contributed by atoms with E-state index < -0.39 is 0 Å². The molecular formula is C15H18BrClN2O. The van der Waals surface area contributed by atoms with E-state index in [0.29, 0.717) is 28.5 Å². The summed E-state index contributed by atoms with van der Waals surface area (Å²) in [5.74, 6) is 1.33. The number of amides is 1. The summed E-state index contributed by atoms with van der Waals surface area (Å²) in [4.78, 5) is 14.9. The fourth-order valence-corrected chi connectivity index (χ4v) is 4.45. The summed E-state index contributed by atoms with van der Waals surface area (Å²) in [6, 6.07) is 5.73. The predicted molar refractivity (Wildman–Crippen MR) is 84.1 cm³/mol. The van der Waals surface area contributed by atoms with E-state index in [-0.39, 0.29) is 5.91 Å². The van der Waals surface area contributed by atoms with Crippen LogP contribution in [0.15, 0.2) is 22.7 Å². The van der Waals surface area contributed by atoms with Gasteiger partial charge < -0.3 is 10.2 Å². The molecular weight excluding hydrogens is 340 g/mol. The van der Waals surface area contributed by atoms with Crippen LogP contribution in [0.4, 0.5) is 0 Å². The van der Waals surface area contributed by atoms with Crippen molar-refractivity contribution in [1.29, 1.82) is 0 Å². The number of hydrogen-bond acceptors (Lipinski definition) is 2. The summed E-state index contributed by atoms with van der Waals surface area (Å²) < 4.78 is 0.778. The van der Waals surface area contributed by atoms with Crippen LogP contribution in [-0.4, -0.2) is 36.5 Å². The summed E-state index contributed by atoms with van der Waals surface area (Å²) in [5, 5.41) is 4.08. The Balaban J connectivity index is 1.86. The van der Waals surface area contributed by atoms with Crippen molar-refractivity contribution in [1.82, 2.24) is 10.2 Å². The van der Waals surface area contributed by atoms with Gasteiger partial charge in [0.1, 0.15) is 0 Å². The van der Waals surface area contributed by atoms with E-state index in [1.165, 1.54) is 0 Å². The number of fused-ring (bicyclic) bond motifs is 1. The van der Waals surface area contributed by atoms with E-state index in [4.69, 9.17) is 11.6 Å². The molecule has 0 radical (unpaired) electrons. The zero-order chi connectivity index (χ0) is 14.3. The summed E-state index contributed by atoms with van der Waals surface area (Å²) in [6.07, 6.45) is 1.01. The Hall–Kier alpha value is -0.580. The molecule has 2 aliphatic rings. The molecule has 1 amide bonds. The topological polar surface area (TPSA) is 32.3 Å². The SMILES string of the molecule is CCC1C2CNCC2CN1C(=O)c1ccc(Cl)cc1Br. The van der Waals surface area contributed by atoms with Gasteiger partial charge >= 0.3 is 0 Å². The number of nitrogens with zero attached hydrogens (tertiary/aromatic N) is 1. The van der Waals surface area contributed by atoms with Crippen LogP contribution in [0.1, 0.15) is 23.7 Å². The maximum atomic E-state index is 12.8. The lowest BCUT2D eigenvalue weighted by Gasteiger charge is -2.27. The minimum absolute atomic E-state index is 0.120. The molecule has 2 aliphatic heterocycles. The van der Waals surface area contributed by atoms with E-state index in [1.54, 1.807) is 12.1 Å². The highest BCUT2D eigenvalue weighted by Gasteiger charge is 2.45. The molecule has 1 N–H and O–H groups in total. The first-order chi connectivity index (χ1) is 9.61. The number of hydrogen-bond donors (Lipinski definition) is 1. The molecule has 0 aromatic heterocycles. The molecule has 3 atom stereocenters. The van der Waals surface area contributed by atoms with Gasteiger partial charge in [0.15, 0.2) is 0 Å². The first-order valence-electron chi connectivity index (χ1n) is 7.08. The molecule has 5 heteroatoms. The van der Waals surface area contributed by atoms with Gasteiger partial charge in [0.05, 0.1) is 5.56 Å². The molecule has 0 bridgehead atoms. The van der Waals surface area contributed by atoms with Gasteiger partial charge in [-0.05, 0) is 52.4 Å². The summed E-state index contributed by atoms with van der Waals surface area (Å²) in [7, 11) is 0. The van der Waals surface area contributed by atoms with Crippen LogP contribution in [0, 0.1) is 11.8 Å². The molecule has 2 heterocycles. The third-order valence-electron chi connectivity index (χ3n) is 4.56. The van der Waals surface area contributed by atoms with Crippen molar-refractivity contribution in [2.24, 2.45) is 11.8 Å². The monoisotopic (exact) mass is 356 g/mol. The molecule has 0 saturated carbocycles. The van der Waals surface area contributed by atoms with Gasteiger partial charge in [-0.3, -0.25) is 4.79 Å². The second-order valence-electron chi connectivity index (χ2n) is 5.64. The summed E-state index contributed by atoms with van der Waals surface area (Å²) in [6.45, 7) is 5.11. The van der Waals surface area contributed by atoms with Crippen LogP contribution in [0.5, 0.6) is 0 Å². The minimum atomic E-state index is 0.120. The van der Waals surface area contributed by atoms with Gasteiger partial charge in [-0.1, -0.05) is 18.5 Å². The standard InChI is InChI=1S/C15H18BrClN2O/c1-2-14-12-7-18-6-9(12)8-19(14)15(20)11-4-3-10(17)5-13(11)16/h3-5,9,12,14,18H,2,6-8H2,1H3. The van der Waals surface area contributed by atoms with Crippen LogP contribution in [0.25, 0.3) is 0 Å². The average Bonchev–Trinajstić information content (AvgIpc) is 2.97. The van der Waals surface area contributed by atoms with E-state index in [9.17, 15) is 4.79 Å². The number of likely N-dealkylation sites (tertiary alicyclic amines) is 1. The first kappa shape index (κ1) is 14.4. The number of benzene rings is 1. The average molecular weight is 358 g/mol. The van der Waals surface area contributed by atoms with E-state index >= 15 is 0 Å². The minimum Gasteiger partial charge on any atom is -0.335 e. The second kappa shape index (κ2) is 5.66.